The molecule has 0 amide bonds. The lowest BCUT2D eigenvalue weighted by Gasteiger charge is -2.46. The van der Waals surface area contributed by atoms with Gasteiger partial charge in [0.05, 0.1) is 12.7 Å². The van der Waals surface area contributed by atoms with Crippen molar-refractivity contribution in [2.45, 2.75) is 57.6 Å². The highest BCUT2D eigenvalue weighted by Gasteiger charge is 2.55. The van der Waals surface area contributed by atoms with Crippen LogP contribution in [0.5, 0.6) is 5.75 Å². The molecule has 4 atom stereocenters. The van der Waals surface area contributed by atoms with Crippen LogP contribution in [-0.2, 0) is 10.3 Å². The number of hydrogen-bond donors (Lipinski definition) is 0. The van der Waals surface area contributed by atoms with E-state index in [2.05, 4.69) is 64.1 Å². The topological polar surface area (TPSA) is 21.7 Å². The molecule has 0 N–H and O–H groups in total. The molecular formula is C19H29NO2. The second kappa shape index (κ2) is 5.24. The van der Waals surface area contributed by atoms with Crippen molar-refractivity contribution in [2.75, 3.05) is 14.2 Å². The van der Waals surface area contributed by atoms with Gasteiger partial charge in [-0.1, -0.05) is 26.0 Å². The van der Waals surface area contributed by atoms with Crippen LogP contribution in [0.15, 0.2) is 24.3 Å². The first kappa shape index (κ1) is 15.8. The third-order valence-electron chi connectivity index (χ3n) is 5.92. The Balaban J connectivity index is 1.92. The van der Waals surface area contributed by atoms with Crippen molar-refractivity contribution in [3.63, 3.8) is 0 Å². The third kappa shape index (κ3) is 2.44. The van der Waals surface area contributed by atoms with Crippen molar-refractivity contribution < 1.29 is 9.57 Å². The summed E-state index contributed by atoms with van der Waals surface area (Å²) in [5, 5.41) is 2.11. The predicted molar refractivity (Wildman–Crippen MR) is 88.9 cm³/mol. The second-order valence-corrected chi connectivity index (χ2v) is 8.01. The number of fused-ring (bicyclic) bond motifs is 1. The molecule has 3 rings (SSSR count). The van der Waals surface area contributed by atoms with E-state index in [0.717, 1.165) is 5.75 Å². The van der Waals surface area contributed by atoms with Gasteiger partial charge in [-0.2, -0.15) is 5.06 Å². The van der Waals surface area contributed by atoms with Crippen LogP contribution < -0.4 is 4.74 Å². The predicted octanol–water partition coefficient (Wildman–Crippen LogP) is 4.02. The molecular weight excluding hydrogens is 274 g/mol. The van der Waals surface area contributed by atoms with Gasteiger partial charge in [-0.3, -0.25) is 4.84 Å². The van der Waals surface area contributed by atoms with Gasteiger partial charge >= 0.3 is 0 Å². The number of ether oxygens (including phenoxy) is 1. The van der Waals surface area contributed by atoms with E-state index in [9.17, 15) is 0 Å². The van der Waals surface area contributed by atoms with E-state index in [1.54, 1.807) is 7.11 Å². The molecule has 3 nitrogen and oxygen atoms in total. The second-order valence-electron chi connectivity index (χ2n) is 8.01. The molecule has 0 aromatic heterocycles. The number of hydrogen-bond acceptors (Lipinski definition) is 3. The Hall–Kier alpha value is -1.06. The minimum atomic E-state index is -0.0815. The Bertz CT molecular complexity index is 539. The van der Waals surface area contributed by atoms with Crippen LogP contribution >= 0.6 is 0 Å². The molecule has 0 bridgehead atoms. The first-order chi connectivity index (χ1) is 10.3. The van der Waals surface area contributed by atoms with Crippen molar-refractivity contribution in [3.8, 4) is 5.75 Å². The molecule has 0 spiro atoms. The monoisotopic (exact) mass is 303 g/mol. The Morgan fingerprint density at radius 2 is 1.77 bits per heavy atom. The molecule has 1 aliphatic heterocycles. The van der Waals surface area contributed by atoms with E-state index in [0.29, 0.717) is 17.9 Å². The minimum absolute atomic E-state index is 0.0815. The van der Waals surface area contributed by atoms with E-state index in [1.165, 1.54) is 18.4 Å². The van der Waals surface area contributed by atoms with E-state index in [1.807, 2.05) is 0 Å². The normalized spacial score (nSPS) is 37.8. The van der Waals surface area contributed by atoms with Gasteiger partial charge in [-0.15, -0.1) is 0 Å². The summed E-state index contributed by atoms with van der Waals surface area (Å²) in [6.45, 7) is 9.26. The molecule has 1 aromatic rings. The standard InChI is InChI=1S/C19H29NO2/c1-13-11-19(4,14-7-9-15(21-6)10-8-14)12-16-17(13)20(5)22-18(16,2)3/h7-10,13,16-17H,11-12H2,1-6H3. The highest BCUT2D eigenvalue weighted by atomic mass is 16.7. The maximum atomic E-state index is 6.15. The zero-order chi connectivity index (χ0) is 16.1. The number of benzene rings is 1. The number of nitrogens with zero attached hydrogens (tertiary/aromatic N) is 1. The minimum Gasteiger partial charge on any atom is -0.497 e. The summed E-state index contributed by atoms with van der Waals surface area (Å²) in [5.41, 5.74) is 1.55. The first-order valence-corrected chi connectivity index (χ1v) is 8.33. The van der Waals surface area contributed by atoms with Gasteiger partial charge in [0.1, 0.15) is 5.75 Å². The van der Waals surface area contributed by atoms with Crippen molar-refractivity contribution >= 4 is 0 Å². The van der Waals surface area contributed by atoms with Gasteiger partial charge in [-0.25, -0.2) is 0 Å². The molecule has 122 valence electrons. The molecule has 1 aromatic carbocycles. The zero-order valence-corrected chi connectivity index (χ0v) is 14.7. The summed E-state index contributed by atoms with van der Waals surface area (Å²) in [5.74, 6) is 2.12. The SMILES string of the molecule is COc1ccc(C2(C)CC(C)C3C(C2)C(C)(C)ON3C)cc1. The lowest BCUT2D eigenvalue weighted by atomic mass is 9.59. The van der Waals surface area contributed by atoms with Gasteiger partial charge in [0.25, 0.3) is 0 Å². The van der Waals surface area contributed by atoms with Gasteiger partial charge in [0.15, 0.2) is 0 Å². The fourth-order valence-corrected chi connectivity index (χ4v) is 4.91. The third-order valence-corrected chi connectivity index (χ3v) is 5.92. The van der Waals surface area contributed by atoms with Crippen LogP contribution in [0.4, 0.5) is 0 Å². The lowest BCUT2D eigenvalue weighted by Crippen LogP contribution is -2.48. The van der Waals surface area contributed by atoms with E-state index < -0.39 is 0 Å². The zero-order valence-electron chi connectivity index (χ0n) is 14.7. The summed E-state index contributed by atoms with van der Waals surface area (Å²) in [6, 6.07) is 9.16. The van der Waals surface area contributed by atoms with Crippen LogP contribution in [0.25, 0.3) is 0 Å². The molecule has 0 radical (unpaired) electrons. The number of methoxy groups -OCH3 is 1. The molecule has 3 heteroatoms. The van der Waals surface area contributed by atoms with E-state index in [-0.39, 0.29) is 11.0 Å². The maximum absolute atomic E-state index is 6.15. The summed E-state index contributed by atoms with van der Waals surface area (Å²) in [7, 11) is 3.82. The summed E-state index contributed by atoms with van der Waals surface area (Å²) < 4.78 is 5.30. The van der Waals surface area contributed by atoms with Crippen LogP contribution in [0.1, 0.15) is 46.1 Å². The van der Waals surface area contributed by atoms with Gasteiger partial charge in [0, 0.05) is 19.0 Å². The summed E-state index contributed by atoms with van der Waals surface area (Å²) >= 11 is 0. The average molecular weight is 303 g/mol. The fourth-order valence-electron chi connectivity index (χ4n) is 4.91. The Labute approximate surface area is 134 Å². The van der Waals surface area contributed by atoms with Crippen molar-refractivity contribution in [3.05, 3.63) is 29.8 Å². The maximum Gasteiger partial charge on any atom is 0.118 e. The lowest BCUT2D eigenvalue weighted by molar-refractivity contribution is -0.182. The molecule has 2 fully saturated rings. The molecule has 22 heavy (non-hydrogen) atoms. The highest BCUT2D eigenvalue weighted by molar-refractivity contribution is 5.33. The molecule has 1 heterocycles. The van der Waals surface area contributed by atoms with E-state index >= 15 is 0 Å². The Morgan fingerprint density at radius 3 is 2.36 bits per heavy atom. The van der Waals surface area contributed by atoms with Crippen LogP contribution in [0.2, 0.25) is 0 Å². The Morgan fingerprint density at radius 1 is 1.14 bits per heavy atom. The molecule has 1 saturated carbocycles. The summed E-state index contributed by atoms with van der Waals surface area (Å²) in [6.07, 6.45) is 2.37. The Kier molecular flexibility index (Phi) is 3.77. The number of hydroxylamine groups is 2. The fraction of sp³-hybridized carbons (Fsp3) is 0.684. The average Bonchev–Trinajstić information content (AvgIpc) is 2.68. The first-order valence-electron chi connectivity index (χ1n) is 8.33. The molecule has 4 unspecified atom stereocenters. The quantitative estimate of drug-likeness (QED) is 0.823. The van der Waals surface area contributed by atoms with Crippen molar-refractivity contribution in [1.82, 2.24) is 5.06 Å². The highest BCUT2D eigenvalue weighted by Crippen LogP contribution is 2.53. The largest absolute Gasteiger partial charge is 0.497 e. The number of rotatable bonds is 2. The molecule has 1 aliphatic carbocycles. The van der Waals surface area contributed by atoms with Crippen LogP contribution in [0, 0.1) is 11.8 Å². The van der Waals surface area contributed by atoms with Crippen molar-refractivity contribution in [2.24, 2.45) is 11.8 Å². The van der Waals surface area contributed by atoms with Crippen molar-refractivity contribution in [1.29, 1.82) is 0 Å². The smallest absolute Gasteiger partial charge is 0.118 e. The molecule has 1 saturated heterocycles. The van der Waals surface area contributed by atoms with Gasteiger partial charge < -0.3 is 4.74 Å². The summed E-state index contributed by atoms with van der Waals surface area (Å²) in [4.78, 5) is 6.15. The van der Waals surface area contributed by atoms with Crippen LogP contribution in [-0.4, -0.2) is 30.9 Å². The van der Waals surface area contributed by atoms with E-state index in [4.69, 9.17) is 9.57 Å². The molecule has 2 aliphatic rings. The van der Waals surface area contributed by atoms with Gasteiger partial charge in [0.2, 0.25) is 0 Å². The van der Waals surface area contributed by atoms with Crippen LogP contribution in [0.3, 0.4) is 0 Å². The van der Waals surface area contributed by atoms with Gasteiger partial charge in [-0.05, 0) is 55.7 Å².